The molecule has 1 fully saturated rings. The first kappa shape index (κ1) is 22.2. The standard InChI is InChI=1S/C25H22N4O3S/c1-16-8-10-18(11-9-16)22(20-7-4-12-33-20)27-21(30)15-29-23(31)25(2,28-24(29)32)19-6-3-5-17(13-19)14-26/h3-13,22H,15H2,1-2H3,(H,27,30)(H,28,32)/t22-,25+/m1/s1. The topological polar surface area (TPSA) is 102 Å². The molecule has 166 valence electrons. The van der Waals surface area contributed by atoms with Gasteiger partial charge in [0.2, 0.25) is 5.91 Å². The second-order valence-electron chi connectivity index (χ2n) is 8.07. The molecule has 2 N–H and O–H groups in total. The van der Waals surface area contributed by atoms with Gasteiger partial charge in [-0.2, -0.15) is 5.26 Å². The summed E-state index contributed by atoms with van der Waals surface area (Å²) in [5.74, 6) is -0.992. The number of carbonyl (C=O) groups is 3. The summed E-state index contributed by atoms with van der Waals surface area (Å²) in [4.78, 5) is 40.6. The van der Waals surface area contributed by atoms with Crippen molar-refractivity contribution in [1.29, 1.82) is 5.26 Å². The Bertz CT molecular complexity index is 1250. The van der Waals surface area contributed by atoms with Crippen molar-refractivity contribution in [2.24, 2.45) is 0 Å². The normalized spacial score (nSPS) is 18.5. The molecule has 1 saturated heterocycles. The minimum Gasteiger partial charge on any atom is -0.343 e. The number of amides is 4. The van der Waals surface area contributed by atoms with Crippen LogP contribution in [0.15, 0.2) is 66.0 Å². The second kappa shape index (κ2) is 8.88. The quantitative estimate of drug-likeness (QED) is 0.551. The zero-order valence-corrected chi connectivity index (χ0v) is 19.0. The van der Waals surface area contributed by atoms with Crippen LogP contribution < -0.4 is 10.6 Å². The highest BCUT2D eigenvalue weighted by molar-refractivity contribution is 7.10. The Morgan fingerprint density at radius 3 is 2.61 bits per heavy atom. The van der Waals surface area contributed by atoms with Crippen LogP contribution in [0.5, 0.6) is 0 Å². The fourth-order valence-electron chi connectivity index (χ4n) is 3.82. The van der Waals surface area contributed by atoms with Crippen LogP contribution in [0.25, 0.3) is 0 Å². The molecule has 4 rings (SSSR count). The molecule has 0 saturated carbocycles. The molecule has 0 spiro atoms. The Balaban J connectivity index is 1.53. The van der Waals surface area contributed by atoms with Gasteiger partial charge in [-0.1, -0.05) is 48.0 Å². The number of benzene rings is 2. The fraction of sp³-hybridized carbons (Fsp3) is 0.200. The molecule has 2 heterocycles. The number of nitriles is 1. The van der Waals surface area contributed by atoms with Gasteiger partial charge in [0.15, 0.2) is 0 Å². The number of aryl methyl sites for hydroxylation is 1. The van der Waals surface area contributed by atoms with Crippen LogP contribution in [0.1, 0.15) is 40.1 Å². The van der Waals surface area contributed by atoms with E-state index < -0.39 is 36.0 Å². The molecule has 3 aromatic rings. The van der Waals surface area contributed by atoms with Gasteiger partial charge in [0.05, 0.1) is 17.7 Å². The minimum atomic E-state index is -1.35. The van der Waals surface area contributed by atoms with Crippen LogP contribution in [0, 0.1) is 18.3 Å². The molecule has 0 radical (unpaired) electrons. The molecule has 4 amide bonds. The Morgan fingerprint density at radius 2 is 1.94 bits per heavy atom. The van der Waals surface area contributed by atoms with Gasteiger partial charge >= 0.3 is 6.03 Å². The molecule has 0 bridgehead atoms. The van der Waals surface area contributed by atoms with Crippen LogP contribution >= 0.6 is 11.3 Å². The predicted molar refractivity (Wildman–Crippen MR) is 124 cm³/mol. The van der Waals surface area contributed by atoms with Gasteiger partial charge in [0.25, 0.3) is 5.91 Å². The number of imide groups is 1. The highest BCUT2D eigenvalue weighted by Gasteiger charge is 2.49. The lowest BCUT2D eigenvalue weighted by Gasteiger charge is -2.23. The molecule has 1 aromatic heterocycles. The Hall–Kier alpha value is -3.96. The van der Waals surface area contributed by atoms with E-state index >= 15 is 0 Å². The largest absolute Gasteiger partial charge is 0.343 e. The summed E-state index contributed by atoms with van der Waals surface area (Å²) >= 11 is 1.52. The molecule has 0 aliphatic carbocycles. The van der Waals surface area contributed by atoms with Gasteiger partial charge in [-0.3, -0.25) is 14.5 Å². The molecular weight excluding hydrogens is 436 g/mol. The van der Waals surface area contributed by atoms with Crippen molar-refractivity contribution in [2.45, 2.75) is 25.4 Å². The molecular formula is C25H22N4O3S. The lowest BCUT2D eigenvalue weighted by molar-refractivity contribution is -0.135. The van der Waals surface area contributed by atoms with Crippen LogP contribution in [-0.4, -0.2) is 29.3 Å². The molecule has 1 aliphatic heterocycles. The number of urea groups is 1. The highest BCUT2D eigenvalue weighted by Crippen LogP contribution is 2.30. The number of nitrogens with one attached hydrogen (secondary N) is 2. The van der Waals surface area contributed by atoms with E-state index in [9.17, 15) is 14.4 Å². The lowest BCUT2D eigenvalue weighted by Crippen LogP contribution is -2.44. The first-order valence-electron chi connectivity index (χ1n) is 10.4. The van der Waals surface area contributed by atoms with Gasteiger partial charge in [0, 0.05) is 4.88 Å². The van der Waals surface area contributed by atoms with E-state index in [0.717, 1.165) is 20.9 Å². The summed E-state index contributed by atoms with van der Waals surface area (Å²) in [5, 5.41) is 16.7. The van der Waals surface area contributed by atoms with Crippen molar-refractivity contribution in [3.05, 3.63) is 93.2 Å². The summed E-state index contributed by atoms with van der Waals surface area (Å²) in [6, 6.07) is 19.2. The van der Waals surface area contributed by atoms with E-state index in [-0.39, 0.29) is 0 Å². The van der Waals surface area contributed by atoms with Gasteiger partial charge in [-0.15, -0.1) is 11.3 Å². The van der Waals surface area contributed by atoms with E-state index in [1.165, 1.54) is 11.3 Å². The third-order valence-corrected chi connectivity index (χ3v) is 6.63. The maximum Gasteiger partial charge on any atom is 0.325 e. The molecule has 1 aliphatic rings. The highest BCUT2D eigenvalue weighted by atomic mass is 32.1. The molecule has 0 unspecified atom stereocenters. The van der Waals surface area contributed by atoms with Gasteiger partial charge in [-0.05, 0) is 48.6 Å². The summed E-state index contributed by atoms with van der Waals surface area (Å²) in [5.41, 5.74) is 1.53. The lowest BCUT2D eigenvalue weighted by atomic mass is 9.91. The van der Waals surface area contributed by atoms with Gasteiger partial charge in [0.1, 0.15) is 12.1 Å². The summed E-state index contributed by atoms with van der Waals surface area (Å²) in [6.45, 7) is 3.15. The van der Waals surface area contributed by atoms with Crippen molar-refractivity contribution in [2.75, 3.05) is 6.54 Å². The summed E-state index contributed by atoms with van der Waals surface area (Å²) in [7, 11) is 0. The van der Waals surface area contributed by atoms with Crippen LogP contribution in [0.3, 0.4) is 0 Å². The average Bonchev–Trinajstić information content (AvgIpc) is 3.42. The molecule has 8 heteroatoms. The maximum atomic E-state index is 13.2. The van der Waals surface area contributed by atoms with E-state index in [0.29, 0.717) is 11.1 Å². The van der Waals surface area contributed by atoms with E-state index in [4.69, 9.17) is 5.26 Å². The van der Waals surface area contributed by atoms with E-state index in [2.05, 4.69) is 10.6 Å². The Labute approximate surface area is 195 Å². The first-order chi connectivity index (χ1) is 15.8. The minimum absolute atomic E-state index is 0.379. The number of rotatable bonds is 6. The zero-order valence-electron chi connectivity index (χ0n) is 18.2. The Morgan fingerprint density at radius 1 is 1.18 bits per heavy atom. The van der Waals surface area contributed by atoms with Crippen molar-refractivity contribution in [3.8, 4) is 6.07 Å². The van der Waals surface area contributed by atoms with Gasteiger partial charge in [-0.25, -0.2) is 4.79 Å². The number of thiophene rings is 1. The van der Waals surface area contributed by atoms with Crippen molar-refractivity contribution in [3.63, 3.8) is 0 Å². The third kappa shape index (κ3) is 4.36. The van der Waals surface area contributed by atoms with Crippen LogP contribution in [-0.2, 0) is 15.1 Å². The third-order valence-electron chi connectivity index (χ3n) is 5.69. The van der Waals surface area contributed by atoms with Crippen LogP contribution in [0.4, 0.5) is 4.79 Å². The van der Waals surface area contributed by atoms with Gasteiger partial charge < -0.3 is 10.6 Å². The number of hydrogen-bond donors (Lipinski definition) is 2. The van der Waals surface area contributed by atoms with E-state index in [1.54, 1.807) is 31.2 Å². The first-order valence-corrected chi connectivity index (χ1v) is 11.2. The molecule has 2 atom stereocenters. The molecule has 33 heavy (non-hydrogen) atoms. The van der Waals surface area contributed by atoms with Crippen molar-refractivity contribution in [1.82, 2.24) is 15.5 Å². The molecule has 2 aromatic carbocycles. The smallest absolute Gasteiger partial charge is 0.325 e. The fourth-order valence-corrected chi connectivity index (χ4v) is 4.62. The SMILES string of the molecule is Cc1ccc([C@@H](NC(=O)CN2C(=O)N[C@@](C)(c3cccc(C#N)c3)C2=O)c2cccs2)cc1. The Kier molecular flexibility index (Phi) is 5.99. The van der Waals surface area contributed by atoms with Crippen molar-refractivity contribution >= 4 is 29.2 Å². The molecule has 7 nitrogen and oxygen atoms in total. The average molecular weight is 459 g/mol. The number of carbonyl (C=O) groups excluding carboxylic acids is 3. The van der Waals surface area contributed by atoms with Crippen molar-refractivity contribution < 1.29 is 14.4 Å². The monoisotopic (exact) mass is 458 g/mol. The summed E-state index contributed by atoms with van der Waals surface area (Å²) in [6.07, 6.45) is 0. The predicted octanol–water partition coefficient (Wildman–Crippen LogP) is 3.60. The summed E-state index contributed by atoms with van der Waals surface area (Å²) < 4.78 is 0. The zero-order chi connectivity index (χ0) is 23.6. The van der Waals surface area contributed by atoms with Crippen LogP contribution in [0.2, 0.25) is 0 Å². The maximum absolute atomic E-state index is 13.2. The second-order valence-corrected chi connectivity index (χ2v) is 9.04. The number of nitrogens with zero attached hydrogens (tertiary/aromatic N) is 2. The van der Waals surface area contributed by atoms with E-state index in [1.807, 2.05) is 54.8 Å². The number of hydrogen-bond acceptors (Lipinski definition) is 5.